The number of Topliss-reactive ketones (excluding diaryl/α,β-unsaturated/α-hetero) is 1. The van der Waals surface area contributed by atoms with Crippen molar-refractivity contribution in [2.75, 3.05) is 0 Å². The zero-order chi connectivity index (χ0) is 19.6. The van der Waals surface area contributed by atoms with E-state index >= 15 is 0 Å². The summed E-state index contributed by atoms with van der Waals surface area (Å²) in [5.41, 5.74) is 1.95. The van der Waals surface area contributed by atoms with Crippen LogP contribution in [0.2, 0.25) is 0 Å². The van der Waals surface area contributed by atoms with Gasteiger partial charge in [0.15, 0.2) is 5.78 Å². The van der Waals surface area contributed by atoms with E-state index in [9.17, 15) is 4.79 Å². The van der Waals surface area contributed by atoms with Gasteiger partial charge in [0.05, 0.1) is 36.4 Å². The molecule has 4 atom stereocenters. The van der Waals surface area contributed by atoms with E-state index in [0.717, 1.165) is 22.6 Å². The lowest BCUT2D eigenvalue weighted by Crippen LogP contribution is -2.46. The molecular weight excluding hydrogens is 362 g/mol. The molecule has 0 spiro atoms. The van der Waals surface area contributed by atoms with Crippen molar-refractivity contribution in [2.45, 2.75) is 23.9 Å². The van der Waals surface area contributed by atoms with Crippen LogP contribution in [0.3, 0.4) is 0 Å². The lowest BCUT2D eigenvalue weighted by atomic mass is 9.71. The van der Waals surface area contributed by atoms with Crippen molar-refractivity contribution in [3.8, 4) is 0 Å². The highest BCUT2D eigenvalue weighted by Crippen LogP contribution is 2.47. The second kappa shape index (κ2) is 7.57. The van der Waals surface area contributed by atoms with Gasteiger partial charge in [-0.2, -0.15) is 0 Å². The first-order chi connectivity index (χ1) is 14.3. The standard InChI is InChI=1S/C25H21NO3/c27-25-21(17-9-3-1-4-10-17)23(19-13-7-15-28-19)26-24(20-14-8-16-29-20)22(25)18-11-5-2-6-12-18/h1-16,21-24,26H/t21-,22-,23-,24-/m0/s1. The number of benzene rings is 2. The van der Waals surface area contributed by atoms with Gasteiger partial charge in [-0.1, -0.05) is 60.7 Å². The molecule has 1 aliphatic heterocycles. The number of nitrogens with one attached hydrogen (secondary N) is 1. The number of carbonyl (C=O) groups is 1. The summed E-state index contributed by atoms with van der Waals surface area (Å²) in [6, 6.07) is 26.8. The minimum absolute atomic E-state index is 0.156. The van der Waals surface area contributed by atoms with E-state index in [1.807, 2.05) is 84.9 Å². The molecule has 1 fully saturated rings. The summed E-state index contributed by atoms with van der Waals surface area (Å²) in [5.74, 6) is 0.923. The van der Waals surface area contributed by atoms with Crippen LogP contribution in [-0.2, 0) is 4.79 Å². The second-order valence-corrected chi connectivity index (χ2v) is 7.33. The topological polar surface area (TPSA) is 55.4 Å². The van der Waals surface area contributed by atoms with Crippen molar-refractivity contribution in [1.82, 2.24) is 5.32 Å². The van der Waals surface area contributed by atoms with Gasteiger partial charge < -0.3 is 8.83 Å². The summed E-state index contributed by atoms with van der Waals surface area (Å²) in [7, 11) is 0. The molecule has 1 saturated heterocycles. The maximum Gasteiger partial charge on any atom is 0.151 e. The van der Waals surface area contributed by atoms with Crippen molar-refractivity contribution in [3.63, 3.8) is 0 Å². The molecule has 5 rings (SSSR count). The largest absolute Gasteiger partial charge is 0.468 e. The molecule has 0 saturated carbocycles. The Labute approximate surface area is 169 Å². The van der Waals surface area contributed by atoms with E-state index in [4.69, 9.17) is 8.83 Å². The Morgan fingerprint density at radius 3 is 1.41 bits per heavy atom. The van der Waals surface area contributed by atoms with E-state index in [2.05, 4.69) is 5.32 Å². The van der Waals surface area contributed by atoms with E-state index in [-0.39, 0.29) is 29.7 Å². The van der Waals surface area contributed by atoms with Crippen LogP contribution in [0.15, 0.2) is 106 Å². The summed E-state index contributed by atoms with van der Waals surface area (Å²) >= 11 is 0. The third-order valence-corrected chi connectivity index (χ3v) is 5.66. The molecular formula is C25H21NO3. The summed E-state index contributed by atoms with van der Waals surface area (Å²) < 4.78 is 11.5. The number of ketones is 1. The van der Waals surface area contributed by atoms with Crippen LogP contribution in [-0.4, -0.2) is 5.78 Å². The van der Waals surface area contributed by atoms with Crippen molar-refractivity contribution in [3.05, 3.63) is 120 Å². The highest BCUT2D eigenvalue weighted by Gasteiger charge is 2.47. The van der Waals surface area contributed by atoms with E-state index in [1.54, 1.807) is 12.5 Å². The van der Waals surface area contributed by atoms with Gasteiger partial charge in [-0.15, -0.1) is 0 Å². The molecule has 29 heavy (non-hydrogen) atoms. The molecule has 4 nitrogen and oxygen atoms in total. The molecule has 144 valence electrons. The monoisotopic (exact) mass is 383 g/mol. The lowest BCUT2D eigenvalue weighted by Gasteiger charge is -2.40. The summed E-state index contributed by atoms with van der Waals surface area (Å²) in [4.78, 5) is 14.0. The van der Waals surface area contributed by atoms with Gasteiger partial charge in [-0.05, 0) is 35.4 Å². The van der Waals surface area contributed by atoms with Gasteiger partial charge in [0.25, 0.3) is 0 Å². The Morgan fingerprint density at radius 1 is 0.586 bits per heavy atom. The van der Waals surface area contributed by atoms with Gasteiger partial charge in [-0.25, -0.2) is 0 Å². The Kier molecular flexibility index (Phi) is 4.62. The second-order valence-electron chi connectivity index (χ2n) is 7.33. The van der Waals surface area contributed by atoms with Crippen molar-refractivity contribution < 1.29 is 13.6 Å². The first-order valence-electron chi connectivity index (χ1n) is 9.79. The number of carbonyl (C=O) groups excluding carboxylic acids is 1. The smallest absolute Gasteiger partial charge is 0.151 e. The fourth-order valence-corrected chi connectivity index (χ4v) is 4.37. The molecule has 2 aromatic carbocycles. The van der Waals surface area contributed by atoms with Crippen molar-refractivity contribution in [1.29, 1.82) is 0 Å². The van der Waals surface area contributed by atoms with E-state index in [1.165, 1.54) is 0 Å². The SMILES string of the molecule is O=C1[C@@H](c2ccccc2)[C@H](c2ccco2)N[C@@H](c2ccco2)[C@@H]1c1ccccc1. The van der Waals surface area contributed by atoms with Gasteiger partial charge in [0.1, 0.15) is 11.5 Å². The zero-order valence-electron chi connectivity index (χ0n) is 15.8. The number of rotatable bonds is 4. The van der Waals surface area contributed by atoms with Crippen molar-refractivity contribution >= 4 is 5.78 Å². The van der Waals surface area contributed by atoms with Crippen LogP contribution >= 0.6 is 0 Å². The predicted octanol–water partition coefficient (Wildman–Crippen LogP) is 5.39. The molecule has 1 aliphatic rings. The molecule has 1 N–H and O–H groups in total. The first-order valence-corrected chi connectivity index (χ1v) is 9.79. The van der Waals surface area contributed by atoms with Crippen LogP contribution in [0.4, 0.5) is 0 Å². The summed E-state index contributed by atoms with van der Waals surface area (Å²) in [6.07, 6.45) is 3.30. The van der Waals surface area contributed by atoms with Gasteiger partial charge >= 0.3 is 0 Å². The number of hydrogen-bond donors (Lipinski definition) is 1. The summed E-state index contributed by atoms with van der Waals surface area (Å²) in [6.45, 7) is 0. The highest BCUT2D eigenvalue weighted by molar-refractivity contribution is 5.94. The first kappa shape index (κ1) is 17.7. The average molecular weight is 383 g/mol. The normalized spacial score (nSPS) is 24.5. The van der Waals surface area contributed by atoms with Gasteiger partial charge in [0, 0.05) is 0 Å². The Hall–Kier alpha value is -3.37. The fraction of sp³-hybridized carbons (Fsp3) is 0.160. The number of piperidine rings is 1. The molecule has 0 amide bonds. The van der Waals surface area contributed by atoms with Crippen LogP contribution in [0, 0.1) is 0 Å². The summed E-state index contributed by atoms with van der Waals surface area (Å²) in [5, 5.41) is 3.68. The third-order valence-electron chi connectivity index (χ3n) is 5.66. The Morgan fingerprint density at radius 2 is 1.03 bits per heavy atom. The minimum atomic E-state index is -0.362. The van der Waals surface area contributed by atoms with Gasteiger partial charge in [-0.3, -0.25) is 10.1 Å². The minimum Gasteiger partial charge on any atom is -0.468 e. The van der Waals surface area contributed by atoms with Crippen LogP contribution < -0.4 is 5.32 Å². The van der Waals surface area contributed by atoms with Crippen LogP contribution in [0.1, 0.15) is 46.6 Å². The zero-order valence-corrected chi connectivity index (χ0v) is 15.8. The fourth-order valence-electron chi connectivity index (χ4n) is 4.37. The maximum absolute atomic E-state index is 14.0. The molecule has 2 aromatic heterocycles. The average Bonchev–Trinajstić information content (AvgIpc) is 3.49. The molecule has 3 heterocycles. The Bertz CT molecular complexity index is 970. The van der Waals surface area contributed by atoms with E-state index < -0.39 is 0 Å². The molecule has 0 unspecified atom stereocenters. The molecule has 0 radical (unpaired) electrons. The quantitative estimate of drug-likeness (QED) is 0.513. The molecule has 4 aromatic rings. The molecule has 4 heteroatoms. The molecule has 0 aliphatic carbocycles. The number of hydrogen-bond acceptors (Lipinski definition) is 4. The Balaban J connectivity index is 1.66. The van der Waals surface area contributed by atoms with E-state index in [0.29, 0.717) is 0 Å². The third kappa shape index (κ3) is 3.22. The van der Waals surface area contributed by atoms with Crippen LogP contribution in [0.25, 0.3) is 0 Å². The maximum atomic E-state index is 14.0. The van der Waals surface area contributed by atoms with Crippen molar-refractivity contribution in [2.24, 2.45) is 0 Å². The van der Waals surface area contributed by atoms with Crippen LogP contribution in [0.5, 0.6) is 0 Å². The lowest BCUT2D eigenvalue weighted by molar-refractivity contribution is -0.126. The predicted molar refractivity (Wildman–Crippen MR) is 109 cm³/mol. The van der Waals surface area contributed by atoms with Gasteiger partial charge in [0.2, 0.25) is 0 Å². The number of furan rings is 2. The highest BCUT2D eigenvalue weighted by atomic mass is 16.3. The molecule has 0 bridgehead atoms.